The van der Waals surface area contributed by atoms with E-state index in [-0.39, 0.29) is 17.7 Å². The molecule has 3 rings (SSSR count). The quantitative estimate of drug-likeness (QED) is 0.836. The predicted molar refractivity (Wildman–Crippen MR) is 104 cm³/mol. The molecule has 2 amide bonds. The van der Waals surface area contributed by atoms with E-state index < -0.39 is 0 Å². The molecule has 2 N–H and O–H groups in total. The number of aromatic nitrogens is 1. The Labute approximate surface area is 155 Å². The van der Waals surface area contributed by atoms with Gasteiger partial charge in [0.15, 0.2) is 0 Å². The van der Waals surface area contributed by atoms with Gasteiger partial charge in [-0.2, -0.15) is 0 Å². The van der Waals surface area contributed by atoms with Crippen LogP contribution in [-0.2, 0) is 16.0 Å². The van der Waals surface area contributed by atoms with Crippen molar-refractivity contribution in [3.63, 3.8) is 0 Å². The third-order valence-corrected chi connectivity index (χ3v) is 5.11. The van der Waals surface area contributed by atoms with Gasteiger partial charge >= 0.3 is 0 Å². The van der Waals surface area contributed by atoms with Crippen molar-refractivity contribution in [2.75, 3.05) is 19.6 Å². The second kappa shape index (κ2) is 8.39. The second-order valence-corrected chi connectivity index (χ2v) is 7.68. The highest BCUT2D eigenvalue weighted by atomic mass is 16.2. The SMILES string of the molecule is CC(C)CNC(=O)[C@@H]1CCCN(C(=O)CCc2c[nH]c3ccccc23)C1. The van der Waals surface area contributed by atoms with Gasteiger partial charge in [0.25, 0.3) is 0 Å². The molecule has 0 unspecified atom stereocenters. The molecule has 5 nitrogen and oxygen atoms in total. The largest absolute Gasteiger partial charge is 0.361 e. The highest BCUT2D eigenvalue weighted by Crippen LogP contribution is 2.21. The number of likely N-dealkylation sites (tertiary alicyclic amines) is 1. The number of carbonyl (C=O) groups is 2. The molecule has 1 atom stereocenters. The van der Waals surface area contributed by atoms with Gasteiger partial charge in [0, 0.05) is 43.2 Å². The average Bonchev–Trinajstić information content (AvgIpc) is 3.07. The van der Waals surface area contributed by atoms with Crippen LogP contribution in [0.25, 0.3) is 10.9 Å². The smallest absolute Gasteiger partial charge is 0.224 e. The molecule has 1 aliphatic heterocycles. The number of aromatic amines is 1. The molecule has 1 aromatic carbocycles. The fourth-order valence-corrected chi connectivity index (χ4v) is 3.60. The van der Waals surface area contributed by atoms with Crippen molar-refractivity contribution in [3.05, 3.63) is 36.0 Å². The minimum absolute atomic E-state index is 0.0699. The number of rotatable bonds is 6. The first-order chi connectivity index (χ1) is 12.5. The van der Waals surface area contributed by atoms with Gasteiger partial charge in [-0.25, -0.2) is 0 Å². The van der Waals surface area contributed by atoms with Gasteiger partial charge in [0.1, 0.15) is 0 Å². The van der Waals surface area contributed by atoms with Crippen molar-refractivity contribution in [2.45, 2.75) is 39.5 Å². The lowest BCUT2D eigenvalue weighted by atomic mass is 9.96. The van der Waals surface area contributed by atoms with Crippen molar-refractivity contribution in [1.82, 2.24) is 15.2 Å². The third kappa shape index (κ3) is 4.45. The summed E-state index contributed by atoms with van der Waals surface area (Å²) in [5.41, 5.74) is 2.28. The summed E-state index contributed by atoms with van der Waals surface area (Å²) in [4.78, 5) is 30.1. The zero-order chi connectivity index (χ0) is 18.5. The van der Waals surface area contributed by atoms with E-state index in [1.165, 1.54) is 10.9 Å². The molecule has 26 heavy (non-hydrogen) atoms. The van der Waals surface area contributed by atoms with Crippen LogP contribution in [0.4, 0.5) is 0 Å². The van der Waals surface area contributed by atoms with Gasteiger partial charge in [-0.1, -0.05) is 32.0 Å². The van der Waals surface area contributed by atoms with E-state index in [0.29, 0.717) is 25.4 Å². The zero-order valence-corrected chi connectivity index (χ0v) is 15.8. The summed E-state index contributed by atoms with van der Waals surface area (Å²) in [6.07, 6.45) is 4.98. The van der Waals surface area contributed by atoms with Crippen molar-refractivity contribution < 1.29 is 9.59 Å². The Hall–Kier alpha value is -2.30. The molecule has 1 aliphatic rings. The summed E-state index contributed by atoms with van der Waals surface area (Å²) in [7, 11) is 0. The molecular weight excluding hydrogens is 326 g/mol. The third-order valence-electron chi connectivity index (χ3n) is 5.11. The van der Waals surface area contributed by atoms with E-state index in [2.05, 4.69) is 30.2 Å². The molecule has 1 saturated heterocycles. The molecule has 0 saturated carbocycles. The number of H-pyrrole nitrogens is 1. The van der Waals surface area contributed by atoms with Crippen molar-refractivity contribution in [1.29, 1.82) is 0 Å². The molecule has 0 radical (unpaired) electrons. The normalized spacial score (nSPS) is 17.7. The van der Waals surface area contributed by atoms with E-state index in [0.717, 1.165) is 31.3 Å². The number of aryl methyl sites for hydroxylation is 1. The number of fused-ring (bicyclic) bond motifs is 1. The van der Waals surface area contributed by atoms with Crippen LogP contribution in [0.3, 0.4) is 0 Å². The lowest BCUT2D eigenvalue weighted by Crippen LogP contribution is -2.46. The van der Waals surface area contributed by atoms with Gasteiger partial charge in [-0.3, -0.25) is 9.59 Å². The Balaban J connectivity index is 1.53. The van der Waals surface area contributed by atoms with Crippen LogP contribution in [0.15, 0.2) is 30.5 Å². The summed E-state index contributed by atoms with van der Waals surface area (Å²) < 4.78 is 0. The number of para-hydroxylation sites is 1. The van der Waals surface area contributed by atoms with Gasteiger partial charge in [-0.15, -0.1) is 0 Å². The molecule has 2 heterocycles. The molecule has 140 valence electrons. The number of hydrogen-bond donors (Lipinski definition) is 2. The minimum atomic E-state index is -0.0699. The molecule has 2 aromatic rings. The summed E-state index contributed by atoms with van der Waals surface area (Å²) in [5, 5.41) is 4.19. The standard InChI is InChI=1S/C21H29N3O2/c1-15(2)12-23-21(26)17-6-5-11-24(14-17)20(25)10-9-16-13-22-19-8-4-3-7-18(16)19/h3-4,7-8,13,15,17,22H,5-6,9-12,14H2,1-2H3,(H,23,26)/t17-/m1/s1. The van der Waals surface area contributed by atoms with Crippen molar-refractivity contribution in [3.8, 4) is 0 Å². The van der Waals surface area contributed by atoms with E-state index in [4.69, 9.17) is 0 Å². The van der Waals surface area contributed by atoms with Crippen molar-refractivity contribution >= 4 is 22.7 Å². The maximum atomic E-state index is 12.6. The van der Waals surface area contributed by atoms with Gasteiger partial charge in [0.05, 0.1) is 5.92 Å². The fourth-order valence-electron chi connectivity index (χ4n) is 3.60. The van der Waals surface area contributed by atoms with Crippen LogP contribution in [-0.4, -0.2) is 41.3 Å². The van der Waals surface area contributed by atoms with Crippen LogP contribution in [0.5, 0.6) is 0 Å². The first-order valence-electron chi connectivity index (χ1n) is 9.65. The van der Waals surface area contributed by atoms with Crippen LogP contribution in [0.1, 0.15) is 38.7 Å². The molecule has 0 aliphatic carbocycles. The lowest BCUT2D eigenvalue weighted by molar-refractivity contribution is -0.135. The number of hydrogen-bond acceptors (Lipinski definition) is 2. The highest BCUT2D eigenvalue weighted by molar-refractivity contribution is 5.84. The fraction of sp³-hybridized carbons (Fsp3) is 0.524. The Kier molecular flexibility index (Phi) is 5.96. The Morgan fingerprint density at radius 2 is 2.12 bits per heavy atom. The summed E-state index contributed by atoms with van der Waals surface area (Å²) in [6.45, 7) is 6.19. The predicted octanol–water partition coefficient (Wildman–Crippen LogP) is 3.11. The van der Waals surface area contributed by atoms with Crippen LogP contribution in [0, 0.1) is 11.8 Å². The molecular formula is C21H29N3O2. The first kappa shape index (κ1) is 18.5. The number of nitrogens with one attached hydrogen (secondary N) is 2. The maximum Gasteiger partial charge on any atom is 0.224 e. The van der Waals surface area contributed by atoms with Gasteiger partial charge in [-0.05, 0) is 36.8 Å². The van der Waals surface area contributed by atoms with E-state index in [1.54, 1.807) is 0 Å². The average molecular weight is 355 g/mol. The maximum absolute atomic E-state index is 12.6. The van der Waals surface area contributed by atoms with Crippen molar-refractivity contribution in [2.24, 2.45) is 11.8 Å². The van der Waals surface area contributed by atoms with E-state index in [9.17, 15) is 9.59 Å². The lowest BCUT2D eigenvalue weighted by Gasteiger charge is -2.32. The van der Waals surface area contributed by atoms with Crippen LogP contribution < -0.4 is 5.32 Å². The van der Waals surface area contributed by atoms with E-state index >= 15 is 0 Å². The number of nitrogens with zero attached hydrogens (tertiary/aromatic N) is 1. The Morgan fingerprint density at radius 1 is 1.31 bits per heavy atom. The van der Waals surface area contributed by atoms with Gasteiger partial charge in [0.2, 0.25) is 11.8 Å². The number of benzene rings is 1. The van der Waals surface area contributed by atoms with Gasteiger partial charge < -0.3 is 15.2 Å². The summed E-state index contributed by atoms with van der Waals surface area (Å²) in [6, 6.07) is 8.16. The number of carbonyl (C=O) groups excluding carboxylic acids is 2. The first-order valence-corrected chi connectivity index (χ1v) is 9.65. The second-order valence-electron chi connectivity index (χ2n) is 7.68. The van der Waals surface area contributed by atoms with Crippen LogP contribution >= 0.6 is 0 Å². The number of amides is 2. The minimum Gasteiger partial charge on any atom is -0.361 e. The Morgan fingerprint density at radius 3 is 2.92 bits per heavy atom. The number of piperidine rings is 1. The molecule has 0 bridgehead atoms. The monoisotopic (exact) mass is 355 g/mol. The highest BCUT2D eigenvalue weighted by Gasteiger charge is 2.28. The molecule has 0 spiro atoms. The molecule has 1 aromatic heterocycles. The van der Waals surface area contributed by atoms with Crippen LogP contribution in [0.2, 0.25) is 0 Å². The molecule has 5 heteroatoms. The molecule has 1 fully saturated rings. The summed E-state index contributed by atoms with van der Waals surface area (Å²) >= 11 is 0. The topological polar surface area (TPSA) is 65.2 Å². The Bertz CT molecular complexity index is 765. The zero-order valence-electron chi connectivity index (χ0n) is 15.8. The summed E-state index contributed by atoms with van der Waals surface area (Å²) in [5.74, 6) is 0.612. The van der Waals surface area contributed by atoms with E-state index in [1.807, 2.05) is 29.3 Å².